The molecular weight excluding hydrogens is 320 g/mol. The van der Waals surface area contributed by atoms with Gasteiger partial charge in [-0.2, -0.15) is 10.5 Å². The highest BCUT2D eigenvalue weighted by atomic mass is 32.2. The zero-order chi connectivity index (χ0) is 15.7. The summed E-state index contributed by atoms with van der Waals surface area (Å²) in [5, 5.41) is 19.3. The highest BCUT2D eigenvalue weighted by molar-refractivity contribution is 8.09. The predicted octanol–water partition coefficient (Wildman–Crippen LogP) is 2.87. The molecule has 0 unspecified atom stereocenters. The van der Waals surface area contributed by atoms with Gasteiger partial charge in [-0.05, 0) is 18.2 Å². The molecule has 2 heterocycles. The normalized spacial score (nSPS) is 13.2. The zero-order valence-electron chi connectivity index (χ0n) is 11.2. The lowest BCUT2D eigenvalue weighted by atomic mass is 10.2. The average Bonchev–Trinajstić information content (AvgIpc) is 2.57. The highest BCUT2D eigenvalue weighted by Gasteiger charge is 2.23. The number of thioether (sulfide) groups is 2. The molecule has 3 rings (SSSR count). The minimum atomic E-state index is -0.451. The smallest absolute Gasteiger partial charge is 0.337 e. The van der Waals surface area contributed by atoms with Gasteiger partial charge in [-0.1, -0.05) is 23.5 Å². The van der Waals surface area contributed by atoms with Gasteiger partial charge in [0.25, 0.3) is 0 Å². The van der Waals surface area contributed by atoms with Crippen LogP contribution in [0, 0.1) is 22.7 Å². The summed E-state index contributed by atoms with van der Waals surface area (Å²) < 4.78 is 4.68. The molecule has 0 N–H and O–H groups in total. The van der Waals surface area contributed by atoms with Crippen molar-refractivity contribution in [3.63, 3.8) is 0 Å². The number of esters is 1. The Balaban J connectivity index is 2.12. The number of carbonyl (C=O) groups is 1. The van der Waals surface area contributed by atoms with Crippen molar-refractivity contribution in [1.82, 2.24) is 9.97 Å². The lowest BCUT2D eigenvalue weighted by molar-refractivity contribution is 0.0601. The first-order valence-electron chi connectivity index (χ1n) is 5.96. The van der Waals surface area contributed by atoms with Gasteiger partial charge in [-0.3, -0.25) is 0 Å². The van der Waals surface area contributed by atoms with Gasteiger partial charge >= 0.3 is 5.97 Å². The van der Waals surface area contributed by atoms with E-state index in [-0.39, 0.29) is 0 Å². The molecule has 6 nitrogen and oxygen atoms in total. The molecule has 0 bridgehead atoms. The van der Waals surface area contributed by atoms with Gasteiger partial charge in [-0.15, -0.1) is 0 Å². The maximum Gasteiger partial charge on any atom is 0.337 e. The standard InChI is InChI=1S/C14H6N4O2S2/c1-20-14(19)7-2-3-8-9(4-7)18-13-12(17-8)21-10(5-15)11(6-16)22-13/h2-4H,1H3. The number of hydrogen-bond acceptors (Lipinski definition) is 8. The van der Waals surface area contributed by atoms with Crippen molar-refractivity contribution in [2.45, 2.75) is 10.1 Å². The first-order chi connectivity index (χ1) is 10.7. The fourth-order valence-electron chi connectivity index (χ4n) is 1.83. The van der Waals surface area contributed by atoms with E-state index >= 15 is 0 Å². The Bertz CT molecular complexity index is 925. The van der Waals surface area contributed by atoms with Crippen LogP contribution in [0.15, 0.2) is 38.1 Å². The third-order valence-corrected chi connectivity index (χ3v) is 5.04. The molecule has 2 aromatic rings. The second-order valence-corrected chi connectivity index (χ2v) is 6.11. The van der Waals surface area contributed by atoms with Crippen LogP contribution in [0.5, 0.6) is 0 Å². The topological polar surface area (TPSA) is 99.7 Å². The van der Waals surface area contributed by atoms with E-state index in [0.29, 0.717) is 36.5 Å². The number of fused-ring (bicyclic) bond motifs is 2. The molecule has 0 saturated heterocycles. The quantitative estimate of drug-likeness (QED) is 0.737. The van der Waals surface area contributed by atoms with Crippen LogP contribution in [-0.2, 0) is 4.74 Å². The van der Waals surface area contributed by atoms with Crippen LogP contribution in [0.25, 0.3) is 11.0 Å². The maximum atomic E-state index is 11.6. The first kappa shape index (κ1) is 14.4. The number of benzene rings is 1. The summed E-state index contributed by atoms with van der Waals surface area (Å²) in [6.07, 6.45) is 0. The lowest BCUT2D eigenvalue weighted by Gasteiger charge is -2.13. The summed E-state index contributed by atoms with van der Waals surface area (Å²) in [5.74, 6) is -0.451. The van der Waals surface area contributed by atoms with Crippen LogP contribution in [0.4, 0.5) is 0 Å². The molecule has 0 fully saturated rings. The molecular formula is C14H6N4O2S2. The van der Waals surface area contributed by atoms with E-state index in [1.807, 2.05) is 12.1 Å². The molecule has 0 radical (unpaired) electrons. The summed E-state index contributed by atoms with van der Waals surface area (Å²) in [7, 11) is 1.31. The van der Waals surface area contributed by atoms with Crippen LogP contribution in [0.3, 0.4) is 0 Å². The predicted molar refractivity (Wildman–Crippen MR) is 80.8 cm³/mol. The Morgan fingerprint density at radius 3 is 2.23 bits per heavy atom. The minimum absolute atomic E-state index is 0.303. The molecule has 1 aliphatic rings. The summed E-state index contributed by atoms with van der Waals surface area (Å²) in [6.45, 7) is 0. The summed E-state index contributed by atoms with van der Waals surface area (Å²) >= 11 is 2.24. The van der Waals surface area contributed by atoms with E-state index in [9.17, 15) is 4.79 Å². The van der Waals surface area contributed by atoms with Crippen molar-refractivity contribution in [2.75, 3.05) is 7.11 Å². The molecule has 0 atom stereocenters. The average molecular weight is 326 g/mol. The van der Waals surface area contributed by atoms with Gasteiger partial charge in [0.1, 0.15) is 32.0 Å². The number of methoxy groups -OCH3 is 1. The van der Waals surface area contributed by atoms with Gasteiger partial charge in [0.2, 0.25) is 0 Å². The number of ether oxygens (including phenoxy) is 1. The second-order valence-electron chi connectivity index (χ2n) is 4.11. The molecule has 1 aromatic heterocycles. The third kappa shape index (κ3) is 2.39. The van der Waals surface area contributed by atoms with Crippen LogP contribution < -0.4 is 0 Å². The molecule has 0 aliphatic carbocycles. The van der Waals surface area contributed by atoms with E-state index in [4.69, 9.17) is 10.5 Å². The number of carbonyl (C=O) groups excluding carboxylic acids is 1. The second kappa shape index (κ2) is 5.68. The minimum Gasteiger partial charge on any atom is -0.465 e. The SMILES string of the molecule is COC(=O)c1ccc2nc3c(nc2c1)SC(C#N)=C(C#N)S3. The number of allylic oxidation sites excluding steroid dienone is 2. The summed E-state index contributed by atoms with van der Waals surface area (Å²) in [4.78, 5) is 21.1. The monoisotopic (exact) mass is 326 g/mol. The van der Waals surface area contributed by atoms with Crippen LogP contribution in [0.2, 0.25) is 0 Å². The van der Waals surface area contributed by atoms with Gasteiger partial charge in [0.15, 0.2) is 0 Å². The van der Waals surface area contributed by atoms with Crippen molar-refractivity contribution < 1.29 is 9.53 Å². The lowest BCUT2D eigenvalue weighted by Crippen LogP contribution is -2.02. The van der Waals surface area contributed by atoms with E-state index in [1.54, 1.807) is 18.2 Å². The van der Waals surface area contributed by atoms with Gasteiger partial charge < -0.3 is 4.74 Å². The van der Waals surface area contributed by atoms with E-state index in [1.165, 1.54) is 7.11 Å². The Kier molecular flexibility index (Phi) is 3.72. The number of nitrogens with zero attached hydrogens (tertiary/aromatic N) is 4. The highest BCUT2D eigenvalue weighted by Crippen LogP contribution is 2.44. The van der Waals surface area contributed by atoms with Crippen LogP contribution in [0.1, 0.15) is 10.4 Å². The Hall–Kier alpha value is -2.55. The zero-order valence-corrected chi connectivity index (χ0v) is 12.8. The molecule has 0 amide bonds. The number of hydrogen-bond donors (Lipinski definition) is 0. The van der Waals surface area contributed by atoms with Gasteiger partial charge in [0, 0.05) is 0 Å². The summed E-state index contributed by atoms with van der Waals surface area (Å²) in [6, 6.07) is 8.86. The first-order valence-corrected chi connectivity index (χ1v) is 7.60. The molecule has 1 aliphatic heterocycles. The van der Waals surface area contributed by atoms with Crippen molar-refractivity contribution in [3.05, 3.63) is 33.6 Å². The molecule has 0 saturated carbocycles. The van der Waals surface area contributed by atoms with Crippen molar-refractivity contribution in [1.29, 1.82) is 10.5 Å². The molecule has 8 heteroatoms. The van der Waals surface area contributed by atoms with Crippen LogP contribution in [-0.4, -0.2) is 23.0 Å². The molecule has 0 spiro atoms. The maximum absolute atomic E-state index is 11.6. The Morgan fingerprint density at radius 1 is 1.09 bits per heavy atom. The number of nitriles is 2. The fourth-order valence-corrected chi connectivity index (χ4v) is 3.64. The van der Waals surface area contributed by atoms with E-state index < -0.39 is 5.97 Å². The van der Waals surface area contributed by atoms with E-state index in [0.717, 1.165) is 23.5 Å². The van der Waals surface area contributed by atoms with Crippen molar-refractivity contribution in [3.8, 4) is 12.1 Å². The van der Waals surface area contributed by atoms with Crippen LogP contribution >= 0.6 is 23.5 Å². The number of aromatic nitrogens is 2. The fraction of sp³-hybridized carbons (Fsp3) is 0.0714. The number of rotatable bonds is 1. The Morgan fingerprint density at radius 2 is 1.68 bits per heavy atom. The van der Waals surface area contributed by atoms with Gasteiger partial charge in [-0.25, -0.2) is 14.8 Å². The van der Waals surface area contributed by atoms with Crippen molar-refractivity contribution >= 4 is 40.5 Å². The third-order valence-electron chi connectivity index (χ3n) is 2.83. The van der Waals surface area contributed by atoms with Crippen molar-refractivity contribution in [2.24, 2.45) is 0 Å². The molecule has 1 aromatic carbocycles. The largest absolute Gasteiger partial charge is 0.465 e. The molecule has 106 valence electrons. The summed E-state index contributed by atoms with van der Waals surface area (Å²) in [5.41, 5.74) is 1.52. The Labute approximate surface area is 133 Å². The van der Waals surface area contributed by atoms with E-state index in [2.05, 4.69) is 14.7 Å². The van der Waals surface area contributed by atoms with Gasteiger partial charge in [0.05, 0.1) is 23.7 Å². The molecule has 22 heavy (non-hydrogen) atoms.